The predicted molar refractivity (Wildman–Crippen MR) is 85.2 cm³/mol. The first-order chi connectivity index (χ1) is 11.2. The monoisotopic (exact) mass is 313 g/mol. The number of ether oxygens (including phenoxy) is 1. The van der Waals surface area contributed by atoms with Gasteiger partial charge in [0.2, 0.25) is 0 Å². The van der Waals surface area contributed by atoms with Crippen LogP contribution in [0.25, 0.3) is 10.9 Å². The minimum atomic E-state index is -0.505. The fourth-order valence-corrected chi connectivity index (χ4v) is 2.46. The normalized spacial score (nSPS) is 10.9. The van der Waals surface area contributed by atoms with Crippen LogP contribution in [0.5, 0.6) is 5.75 Å². The van der Waals surface area contributed by atoms with Crippen LogP contribution >= 0.6 is 0 Å². The molecule has 23 heavy (non-hydrogen) atoms. The number of carbonyl (C=O) groups is 1. The van der Waals surface area contributed by atoms with Crippen molar-refractivity contribution in [2.45, 2.75) is 6.54 Å². The van der Waals surface area contributed by atoms with E-state index >= 15 is 0 Å². The molecule has 3 rings (SSSR count). The standard InChI is InChI=1S/C18H16FNO3/c19-15-2-1-3-16(11-15)23-9-8-20-7-6-13-4-5-14(10-17(13)20)18(22)12-21/h1-7,10-11,21H,8-9,12H2. The molecule has 0 saturated carbocycles. The van der Waals surface area contributed by atoms with Crippen molar-refractivity contribution in [2.24, 2.45) is 0 Å². The second-order valence-electron chi connectivity index (χ2n) is 5.17. The Bertz CT molecular complexity index is 841. The number of nitrogens with zero attached hydrogens (tertiary/aromatic N) is 1. The van der Waals surface area contributed by atoms with Crippen molar-refractivity contribution < 1.29 is 19.0 Å². The number of aliphatic hydroxyl groups excluding tert-OH is 1. The number of hydrogen-bond donors (Lipinski definition) is 1. The number of ketones is 1. The van der Waals surface area contributed by atoms with Gasteiger partial charge in [-0.3, -0.25) is 4.79 Å². The zero-order valence-electron chi connectivity index (χ0n) is 12.4. The van der Waals surface area contributed by atoms with Gasteiger partial charge in [-0.05, 0) is 29.7 Å². The lowest BCUT2D eigenvalue weighted by Crippen LogP contribution is -2.08. The summed E-state index contributed by atoms with van der Waals surface area (Å²) in [6.45, 7) is 0.442. The van der Waals surface area contributed by atoms with Crippen LogP contribution in [-0.2, 0) is 6.54 Å². The van der Waals surface area contributed by atoms with Gasteiger partial charge in [-0.2, -0.15) is 0 Å². The topological polar surface area (TPSA) is 51.5 Å². The van der Waals surface area contributed by atoms with Crippen molar-refractivity contribution in [3.8, 4) is 5.75 Å². The summed E-state index contributed by atoms with van der Waals surface area (Å²) in [7, 11) is 0. The molecule has 1 heterocycles. The molecule has 2 aromatic carbocycles. The minimum absolute atomic E-state index is 0.310. The number of Topliss-reactive ketones (excluding diaryl/α,β-unsaturated/α-hetero) is 1. The summed E-state index contributed by atoms with van der Waals surface area (Å²) in [5.74, 6) is -0.158. The maximum absolute atomic E-state index is 13.1. The van der Waals surface area contributed by atoms with Gasteiger partial charge in [0.15, 0.2) is 5.78 Å². The summed E-state index contributed by atoms with van der Waals surface area (Å²) in [4.78, 5) is 11.6. The lowest BCUT2D eigenvalue weighted by Gasteiger charge is -2.09. The van der Waals surface area contributed by atoms with E-state index in [1.807, 2.05) is 22.9 Å². The maximum Gasteiger partial charge on any atom is 0.188 e. The van der Waals surface area contributed by atoms with E-state index in [0.29, 0.717) is 24.5 Å². The smallest absolute Gasteiger partial charge is 0.188 e. The Balaban J connectivity index is 1.73. The molecule has 1 aromatic heterocycles. The van der Waals surface area contributed by atoms with E-state index in [0.717, 1.165) is 10.9 Å². The zero-order chi connectivity index (χ0) is 16.2. The second-order valence-corrected chi connectivity index (χ2v) is 5.17. The Kier molecular flexibility index (Phi) is 4.39. The van der Waals surface area contributed by atoms with Crippen molar-refractivity contribution in [3.05, 3.63) is 66.1 Å². The Hall–Kier alpha value is -2.66. The number of benzene rings is 2. The third-order valence-corrected chi connectivity index (χ3v) is 3.64. The van der Waals surface area contributed by atoms with E-state index in [4.69, 9.17) is 9.84 Å². The molecule has 0 spiro atoms. The highest BCUT2D eigenvalue weighted by Gasteiger charge is 2.08. The lowest BCUT2D eigenvalue weighted by molar-refractivity contribution is 0.0904. The van der Waals surface area contributed by atoms with Gasteiger partial charge in [-0.15, -0.1) is 0 Å². The summed E-state index contributed by atoms with van der Waals surface area (Å²) >= 11 is 0. The highest BCUT2D eigenvalue weighted by molar-refractivity contribution is 6.00. The van der Waals surface area contributed by atoms with Crippen LogP contribution in [-0.4, -0.2) is 28.7 Å². The molecule has 0 fully saturated rings. The Morgan fingerprint density at radius 1 is 1.17 bits per heavy atom. The zero-order valence-corrected chi connectivity index (χ0v) is 12.4. The minimum Gasteiger partial charge on any atom is -0.492 e. The van der Waals surface area contributed by atoms with Crippen molar-refractivity contribution >= 4 is 16.7 Å². The first kappa shape index (κ1) is 15.2. The molecule has 0 unspecified atom stereocenters. The van der Waals surface area contributed by atoms with E-state index in [2.05, 4.69) is 0 Å². The molecule has 1 N–H and O–H groups in total. The average molecular weight is 313 g/mol. The Labute approximate surface area is 132 Å². The number of halogens is 1. The van der Waals surface area contributed by atoms with Crippen LogP contribution in [0.1, 0.15) is 10.4 Å². The fourth-order valence-electron chi connectivity index (χ4n) is 2.46. The highest BCUT2D eigenvalue weighted by Crippen LogP contribution is 2.18. The summed E-state index contributed by atoms with van der Waals surface area (Å²) in [5, 5.41) is 9.97. The Morgan fingerprint density at radius 2 is 2.04 bits per heavy atom. The van der Waals surface area contributed by atoms with Crippen molar-refractivity contribution in [1.29, 1.82) is 0 Å². The van der Waals surface area contributed by atoms with E-state index in [-0.39, 0.29) is 11.6 Å². The fraction of sp³-hybridized carbons (Fsp3) is 0.167. The summed E-state index contributed by atoms with van der Waals surface area (Å²) < 4.78 is 20.6. The van der Waals surface area contributed by atoms with Crippen LogP contribution in [0.4, 0.5) is 4.39 Å². The van der Waals surface area contributed by atoms with Crippen LogP contribution in [0.3, 0.4) is 0 Å². The maximum atomic E-state index is 13.1. The third kappa shape index (κ3) is 3.40. The highest BCUT2D eigenvalue weighted by atomic mass is 19.1. The van der Waals surface area contributed by atoms with Crippen molar-refractivity contribution in [3.63, 3.8) is 0 Å². The van der Waals surface area contributed by atoms with Crippen LogP contribution in [0.2, 0.25) is 0 Å². The van der Waals surface area contributed by atoms with Gasteiger partial charge in [0.05, 0.1) is 6.54 Å². The molecule has 0 bridgehead atoms. The molecule has 118 valence electrons. The molecule has 4 nitrogen and oxygen atoms in total. The molecule has 0 aliphatic carbocycles. The number of rotatable bonds is 6. The molecule has 0 radical (unpaired) electrons. The molecule has 3 aromatic rings. The molecular formula is C18H16FNO3. The van der Waals surface area contributed by atoms with E-state index in [1.54, 1.807) is 24.3 Å². The largest absolute Gasteiger partial charge is 0.492 e. The molecular weight excluding hydrogens is 297 g/mol. The van der Waals surface area contributed by atoms with Crippen molar-refractivity contribution in [2.75, 3.05) is 13.2 Å². The van der Waals surface area contributed by atoms with E-state index in [1.165, 1.54) is 12.1 Å². The van der Waals surface area contributed by atoms with Crippen LogP contribution in [0, 0.1) is 5.82 Å². The first-order valence-electron chi connectivity index (χ1n) is 7.29. The van der Waals surface area contributed by atoms with Gasteiger partial charge in [0.25, 0.3) is 0 Å². The van der Waals surface area contributed by atoms with Crippen molar-refractivity contribution in [1.82, 2.24) is 4.57 Å². The SMILES string of the molecule is O=C(CO)c1ccc2ccn(CCOc3cccc(F)c3)c2c1. The molecule has 0 saturated heterocycles. The number of carbonyl (C=O) groups excluding carboxylic acids is 1. The van der Waals surface area contributed by atoms with Gasteiger partial charge >= 0.3 is 0 Å². The van der Waals surface area contributed by atoms with Gasteiger partial charge in [0.1, 0.15) is 24.8 Å². The molecule has 0 aliphatic heterocycles. The molecule has 5 heteroatoms. The van der Waals surface area contributed by atoms with Crippen LogP contribution in [0.15, 0.2) is 54.7 Å². The average Bonchev–Trinajstić information content (AvgIpc) is 2.96. The molecule has 0 amide bonds. The number of fused-ring (bicyclic) bond motifs is 1. The van der Waals surface area contributed by atoms with E-state index in [9.17, 15) is 9.18 Å². The first-order valence-corrected chi connectivity index (χ1v) is 7.29. The molecule has 0 atom stereocenters. The summed E-state index contributed by atoms with van der Waals surface area (Å²) in [5.41, 5.74) is 1.37. The lowest BCUT2D eigenvalue weighted by atomic mass is 10.1. The van der Waals surface area contributed by atoms with Gasteiger partial charge in [-0.25, -0.2) is 4.39 Å². The number of aromatic nitrogens is 1. The molecule has 0 aliphatic rings. The number of aliphatic hydroxyl groups is 1. The predicted octanol–water partition coefficient (Wildman–Crippen LogP) is 3.03. The van der Waals surface area contributed by atoms with Gasteiger partial charge in [-0.1, -0.05) is 18.2 Å². The van der Waals surface area contributed by atoms with E-state index < -0.39 is 6.61 Å². The Morgan fingerprint density at radius 3 is 2.83 bits per heavy atom. The van der Waals surface area contributed by atoms with Crippen LogP contribution < -0.4 is 4.74 Å². The quantitative estimate of drug-likeness (QED) is 0.712. The van der Waals surface area contributed by atoms with Gasteiger partial charge < -0.3 is 14.4 Å². The second kappa shape index (κ2) is 6.62. The summed E-state index contributed by atoms with van der Waals surface area (Å²) in [6, 6.07) is 13.3. The summed E-state index contributed by atoms with van der Waals surface area (Å²) in [6.07, 6.45) is 1.91. The van der Waals surface area contributed by atoms with Gasteiger partial charge in [0, 0.05) is 23.3 Å². The number of hydrogen-bond acceptors (Lipinski definition) is 3. The third-order valence-electron chi connectivity index (χ3n) is 3.64.